The maximum atomic E-state index is 12.6. The predicted molar refractivity (Wildman–Crippen MR) is 69.7 cm³/mol. The van der Waals surface area contributed by atoms with Crippen molar-refractivity contribution in [3.8, 4) is 0 Å². The van der Waals surface area contributed by atoms with Gasteiger partial charge in [-0.1, -0.05) is 11.6 Å². The minimum atomic E-state index is -4.44. The van der Waals surface area contributed by atoms with Crippen LogP contribution >= 0.6 is 11.6 Å². The van der Waals surface area contributed by atoms with Crippen LogP contribution in [0.3, 0.4) is 0 Å². The van der Waals surface area contributed by atoms with Gasteiger partial charge >= 0.3 is 6.18 Å². The molecule has 0 unspecified atom stereocenters. The Labute approximate surface area is 118 Å². The van der Waals surface area contributed by atoms with Crippen molar-refractivity contribution < 1.29 is 13.2 Å². The molecule has 2 rings (SSSR count). The van der Waals surface area contributed by atoms with Gasteiger partial charge in [0.15, 0.2) is 0 Å². The SMILES string of the molecule is Cn1ccnc1CCNc1cc(C(F)(F)F)cc(Cl)n1. The van der Waals surface area contributed by atoms with Crippen LogP contribution in [0.2, 0.25) is 5.15 Å². The fourth-order valence-electron chi connectivity index (χ4n) is 1.69. The van der Waals surface area contributed by atoms with Gasteiger partial charge in [-0.15, -0.1) is 0 Å². The van der Waals surface area contributed by atoms with Crippen molar-refractivity contribution in [2.24, 2.45) is 7.05 Å². The van der Waals surface area contributed by atoms with Crippen molar-refractivity contribution in [1.82, 2.24) is 14.5 Å². The van der Waals surface area contributed by atoms with Gasteiger partial charge in [-0.05, 0) is 12.1 Å². The van der Waals surface area contributed by atoms with Crippen LogP contribution in [0, 0.1) is 0 Å². The molecule has 0 aliphatic heterocycles. The quantitative estimate of drug-likeness (QED) is 0.882. The highest BCUT2D eigenvalue weighted by Crippen LogP contribution is 2.31. The first-order valence-electron chi connectivity index (χ1n) is 5.81. The Morgan fingerprint density at radius 3 is 2.70 bits per heavy atom. The molecule has 0 radical (unpaired) electrons. The highest BCUT2D eigenvalue weighted by atomic mass is 35.5. The molecule has 2 aromatic heterocycles. The van der Waals surface area contributed by atoms with Crippen LogP contribution in [0.1, 0.15) is 11.4 Å². The number of pyridine rings is 1. The molecule has 20 heavy (non-hydrogen) atoms. The molecule has 0 bridgehead atoms. The number of rotatable bonds is 4. The average Bonchev–Trinajstić information content (AvgIpc) is 2.73. The summed E-state index contributed by atoms with van der Waals surface area (Å²) in [6, 6.07) is 1.73. The summed E-state index contributed by atoms with van der Waals surface area (Å²) in [6.07, 6.45) is -0.412. The zero-order valence-corrected chi connectivity index (χ0v) is 11.3. The highest BCUT2D eigenvalue weighted by molar-refractivity contribution is 6.29. The number of hydrogen-bond acceptors (Lipinski definition) is 3. The molecule has 0 saturated heterocycles. The Hall–Kier alpha value is -1.76. The summed E-state index contributed by atoms with van der Waals surface area (Å²) in [4.78, 5) is 7.93. The van der Waals surface area contributed by atoms with Crippen molar-refractivity contribution >= 4 is 17.4 Å². The van der Waals surface area contributed by atoms with Gasteiger partial charge in [-0.3, -0.25) is 0 Å². The molecular weight excluding hydrogens is 293 g/mol. The smallest absolute Gasteiger partial charge is 0.370 e. The summed E-state index contributed by atoms with van der Waals surface area (Å²) in [5, 5.41) is 2.62. The molecular formula is C12H12ClF3N4. The third-order valence-electron chi connectivity index (χ3n) is 2.70. The molecule has 0 aliphatic rings. The van der Waals surface area contributed by atoms with Crippen LogP contribution in [0.4, 0.5) is 19.0 Å². The first-order chi connectivity index (χ1) is 9.36. The summed E-state index contributed by atoms with van der Waals surface area (Å²) in [6.45, 7) is 0.412. The second kappa shape index (κ2) is 5.70. The first-order valence-corrected chi connectivity index (χ1v) is 6.19. The molecule has 0 saturated carbocycles. The van der Waals surface area contributed by atoms with E-state index in [-0.39, 0.29) is 11.0 Å². The van der Waals surface area contributed by atoms with Crippen molar-refractivity contribution in [3.05, 3.63) is 41.1 Å². The molecule has 0 atom stereocenters. The van der Waals surface area contributed by atoms with Gasteiger partial charge < -0.3 is 9.88 Å². The van der Waals surface area contributed by atoms with Gasteiger partial charge in [0.2, 0.25) is 0 Å². The van der Waals surface area contributed by atoms with Gasteiger partial charge in [-0.25, -0.2) is 9.97 Å². The predicted octanol–water partition coefficient (Wildman–Crippen LogP) is 3.14. The van der Waals surface area contributed by atoms with Gasteiger partial charge in [0.1, 0.15) is 16.8 Å². The molecule has 1 N–H and O–H groups in total. The molecule has 0 amide bonds. The number of hydrogen-bond donors (Lipinski definition) is 1. The number of aromatic nitrogens is 3. The van der Waals surface area contributed by atoms with E-state index in [9.17, 15) is 13.2 Å². The van der Waals surface area contributed by atoms with E-state index in [1.165, 1.54) is 0 Å². The van der Waals surface area contributed by atoms with E-state index in [0.29, 0.717) is 13.0 Å². The van der Waals surface area contributed by atoms with Crippen molar-refractivity contribution in [2.45, 2.75) is 12.6 Å². The molecule has 2 aromatic rings. The molecule has 0 spiro atoms. The fourth-order valence-corrected chi connectivity index (χ4v) is 1.90. The number of nitrogens with zero attached hydrogens (tertiary/aromatic N) is 3. The molecule has 108 valence electrons. The maximum Gasteiger partial charge on any atom is 0.416 e. The zero-order valence-electron chi connectivity index (χ0n) is 10.6. The lowest BCUT2D eigenvalue weighted by molar-refractivity contribution is -0.137. The van der Waals surface area contributed by atoms with Crippen molar-refractivity contribution in [2.75, 3.05) is 11.9 Å². The summed E-state index contributed by atoms with van der Waals surface area (Å²) in [5.41, 5.74) is -0.822. The summed E-state index contributed by atoms with van der Waals surface area (Å²) in [7, 11) is 1.85. The molecule has 8 heteroatoms. The Kier molecular flexibility index (Phi) is 4.17. The number of nitrogens with one attached hydrogen (secondary N) is 1. The molecule has 0 fully saturated rings. The van der Waals surface area contributed by atoms with E-state index in [2.05, 4.69) is 15.3 Å². The fraction of sp³-hybridized carbons (Fsp3) is 0.333. The average molecular weight is 305 g/mol. The Morgan fingerprint density at radius 2 is 2.10 bits per heavy atom. The summed E-state index contributed by atoms with van der Waals surface area (Å²) in [5.74, 6) is 0.926. The van der Waals surface area contributed by atoms with Crippen LogP contribution in [0.5, 0.6) is 0 Å². The van der Waals surface area contributed by atoms with E-state index in [0.717, 1.165) is 18.0 Å². The third-order valence-corrected chi connectivity index (χ3v) is 2.89. The monoisotopic (exact) mass is 304 g/mol. The van der Waals surface area contributed by atoms with Crippen LogP contribution in [0.15, 0.2) is 24.5 Å². The van der Waals surface area contributed by atoms with Gasteiger partial charge in [0.05, 0.1) is 5.56 Å². The van der Waals surface area contributed by atoms with Gasteiger partial charge in [0.25, 0.3) is 0 Å². The molecule has 0 aromatic carbocycles. The Bertz CT molecular complexity index is 595. The molecule has 0 aliphatic carbocycles. The Morgan fingerprint density at radius 1 is 1.35 bits per heavy atom. The summed E-state index contributed by atoms with van der Waals surface area (Å²) >= 11 is 5.59. The van der Waals surface area contributed by atoms with Gasteiger partial charge in [-0.2, -0.15) is 13.2 Å². The normalized spacial score (nSPS) is 11.7. The van der Waals surface area contributed by atoms with Crippen molar-refractivity contribution in [1.29, 1.82) is 0 Å². The molecule has 2 heterocycles. The highest BCUT2D eigenvalue weighted by Gasteiger charge is 2.31. The number of halogens is 4. The number of imidazole rings is 1. The molecule has 4 nitrogen and oxygen atoms in total. The van der Waals surface area contributed by atoms with Crippen LogP contribution in [0.25, 0.3) is 0 Å². The maximum absolute atomic E-state index is 12.6. The Balaban J connectivity index is 2.03. The number of anilines is 1. The third kappa shape index (κ3) is 3.63. The van der Waals surface area contributed by atoms with Crippen molar-refractivity contribution in [3.63, 3.8) is 0 Å². The lowest BCUT2D eigenvalue weighted by Gasteiger charge is -2.10. The van der Waals surface area contributed by atoms with E-state index >= 15 is 0 Å². The van der Waals surface area contributed by atoms with Gasteiger partial charge in [0, 0.05) is 32.4 Å². The van der Waals surface area contributed by atoms with E-state index in [1.807, 2.05) is 11.6 Å². The lowest BCUT2D eigenvalue weighted by Crippen LogP contribution is -2.11. The standard InChI is InChI=1S/C12H12ClF3N4/c1-20-5-4-18-11(20)2-3-17-10-7-8(12(14,15)16)6-9(13)19-10/h4-7H,2-3H2,1H3,(H,17,19). The largest absolute Gasteiger partial charge is 0.416 e. The second-order valence-corrected chi connectivity index (χ2v) is 4.58. The van der Waals surface area contributed by atoms with E-state index < -0.39 is 11.7 Å². The minimum Gasteiger partial charge on any atom is -0.370 e. The van der Waals surface area contributed by atoms with Crippen LogP contribution in [-0.4, -0.2) is 21.1 Å². The topological polar surface area (TPSA) is 42.7 Å². The van der Waals surface area contributed by atoms with E-state index in [4.69, 9.17) is 11.6 Å². The number of alkyl halides is 3. The van der Waals surface area contributed by atoms with Crippen LogP contribution in [-0.2, 0) is 19.6 Å². The number of aryl methyl sites for hydroxylation is 1. The first kappa shape index (κ1) is 14.6. The lowest BCUT2D eigenvalue weighted by atomic mass is 10.2. The zero-order chi connectivity index (χ0) is 14.8. The van der Waals surface area contributed by atoms with Crippen LogP contribution < -0.4 is 5.32 Å². The van der Waals surface area contributed by atoms with E-state index in [1.54, 1.807) is 12.4 Å². The minimum absolute atomic E-state index is 0.0963. The second-order valence-electron chi connectivity index (χ2n) is 4.19. The summed E-state index contributed by atoms with van der Waals surface area (Å²) < 4.78 is 39.7.